The molecule has 5 heteroatoms. The minimum absolute atomic E-state index is 0.340. The van der Waals surface area contributed by atoms with Crippen LogP contribution in [0.15, 0.2) is 97.3 Å². The van der Waals surface area contributed by atoms with Gasteiger partial charge >= 0.3 is 6.16 Å². The molecule has 0 bridgehead atoms. The molecule has 1 heterocycles. The summed E-state index contributed by atoms with van der Waals surface area (Å²) in [6, 6.07) is 27.5. The summed E-state index contributed by atoms with van der Waals surface area (Å²) in [5.74, 6) is 1.65. The second kappa shape index (κ2) is 10.3. The van der Waals surface area contributed by atoms with E-state index in [1.54, 1.807) is 31.4 Å². The van der Waals surface area contributed by atoms with Crippen molar-refractivity contribution in [1.82, 2.24) is 0 Å². The smallest absolute Gasteiger partial charge is 0.497 e. The standard InChI is InChI=1S/C28H28O5/c1-21(31-25-15-13-24(30-2)14-16-25)26-28(33-27(29)32-26,19-17-22-9-5-3-6-10-22)20-18-23-11-7-4-8-12-23/h3-16,26H,1,17-20H2,2H3. The number of benzene rings is 3. The maximum absolute atomic E-state index is 12.4. The second-order valence-corrected chi connectivity index (χ2v) is 8.13. The van der Waals surface area contributed by atoms with Crippen molar-refractivity contribution in [3.8, 4) is 11.5 Å². The molecular weight excluding hydrogens is 416 g/mol. The minimum Gasteiger partial charge on any atom is -0.497 e. The normalized spacial score (nSPS) is 16.5. The van der Waals surface area contributed by atoms with E-state index in [1.165, 1.54) is 11.1 Å². The van der Waals surface area contributed by atoms with Crippen LogP contribution in [0.5, 0.6) is 11.5 Å². The Morgan fingerprint density at radius 1 is 0.848 bits per heavy atom. The number of hydrogen-bond donors (Lipinski definition) is 0. The molecule has 3 aromatic rings. The summed E-state index contributed by atoms with van der Waals surface area (Å²) in [5.41, 5.74) is 1.45. The van der Waals surface area contributed by atoms with Gasteiger partial charge in [0.1, 0.15) is 17.3 Å². The summed E-state index contributed by atoms with van der Waals surface area (Å²) in [6.45, 7) is 4.10. The first-order valence-electron chi connectivity index (χ1n) is 11.1. The zero-order valence-electron chi connectivity index (χ0n) is 18.7. The highest BCUT2D eigenvalue weighted by Crippen LogP contribution is 2.40. The fourth-order valence-corrected chi connectivity index (χ4v) is 4.15. The van der Waals surface area contributed by atoms with Gasteiger partial charge in [0, 0.05) is 0 Å². The molecule has 0 spiro atoms. The van der Waals surface area contributed by atoms with E-state index >= 15 is 0 Å². The third-order valence-corrected chi connectivity index (χ3v) is 5.94. The van der Waals surface area contributed by atoms with Crippen LogP contribution in [0.2, 0.25) is 0 Å². The average molecular weight is 445 g/mol. The third-order valence-electron chi connectivity index (χ3n) is 5.94. The highest BCUT2D eigenvalue weighted by atomic mass is 16.8. The number of cyclic esters (lactones) is 2. The maximum Gasteiger partial charge on any atom is 0.509 e. The number of rotatable bonds is 10. The molecule has 1 saturated heterocycles. The Labute approximate surface area is 194 Å². The van der Waals surface area contributed by atoms with E-state index in [0.717, 1.165) is 18.6 Å². The van der Waals surface area contributed by atoms with E-state index in [0.29, 0.717) is 24.4 Å². The first-order valence-corrected chi connectivity index (χ1v) is 11.1. The lowest BCUT2D eigenvalue weighted by Gasteiger charge is -2.32. The fraction of sp³-hybridized carbons (Fsp3) is 0.250. The minimum atomic E-state index is -0.883. The van der Waals surface area contributed by atoms with E-state index in [2.05, 4.69) is 30.8 Å². The van der Waals surface area contributed by atoms with E-state index in [9.17, 15) is 4.79 Å². The molecule has 4 rings (SSSR count). The molecule has 1 aliphatic heterocycles. The summed E-state index contributed by atoms with van der Waals surface area (Å²) in [7, 11) is 1.61. The van der Waals surface area contributed by atoms with Crippen molar-refractivity contribution < 1.29 is 23.7 Å². The highest BCUT2D eigenvalue weighted by Gasteiger charge is 2.53. The molecule has 1 unspecified atom stereocenters. The Morgan fingerprint density at radius 3 is 1.88 bits per heavy atom. The number of hydrogen-bond acceptors (Lipinski definition) is 5. The lowest BCUT2D eigenvalue weighted by molar-refractivity contribution is 0.0144. The van der Waals surface area contributed by atoms with Gasteiger partial charge in [-0.1, -0.05) is 67.2 Å². The Morgan fingerprint density at radius 2 is 1.36 bits per heavy atom. The van der Waals surface area contributed by atoms with Gasteiger partial charge < -0.3 is 18.9 Å². The number of ether oxygens (including phenoxy) is 4. The summed E-state index contributed by atoms with van der Waals surface area (Å²) >= 11 is 0. The van der Waals surface area contributed by atoms with Crippen LogP contribution in [0.1, 0.15) is 24.0 Å². The molecule has 5 nitrogen and oxygen atoms in total. The Bertz CT molecular complexity index is 1020. The zero-order chi connectivity index (χ0) is 23.1. The lowest BCUT2D eigenvalue weighted by Crippen LogP contribution is -2.43. The van der Waals surface area contributed by atoms with Crippen molar-refractivity contribution in [2.45, 2.75) is 37.4 Å². The number of aryl methyl sites for hydroxylation is 2. The fourth-order valence-electron chi connectivity index (χ4n) is 4.15. The quantitative estimate of drug-likeness (QED) is 0.278. The van der Waals surface area contributed by atoms with E-state index < -0.39 is 17.9 Å². The van der Waals surface area contributed by atoms with Crippen molar-refractivity contribution in [2.75, 3.05) is 7.11 Å². The molecule has 0 saturated carbocycles. The van der Waals surface area contributed by atoms with Crippen LogP contribution in [0, 0.1) is 0 Å². The van der Waals surface area contributed by atoms with Gasteiger partial charge in [-0.3, -0.25) is 0 Å². The predicted molar refractivity (Wildman–Crippen MR) is 126 cm³/mol. The van der Waals surface area contributed by atoms with Crippen molar-refractivity contribution in [1.29, 1.82) is 0 Å². The van der Waals surface area contributed by atoms with E-state index in [1.807, 2.05) is 36.4 Å². The van der Waals surface area contributed by atoms with Crippen molar-refractivity contribution in [2.24, 2.45) is 0 Å². The molecule has 0 aromatic heterocycles. The number of carbonyl (C=O) groups excluding carboxylic acids is 1. The monoisotopic (exact) mass is 444 g/mol. The van der Waals surface area contributed by atoms with Crippen LogP contribution in [0.25, 0.3) is 0 Å². The van der Waals surface area contributed by atoms with Gasteiger partial charge in [0.2, 0.25) is 6.10 Å². The van der Waals surface area contributed by atoms with Crippen molar-refractivity contribution >= 4 is 6.16 Å². The largest absolute Gasteiger partial charge is 0.509 e. The summed E-state index contributed by atoms with van der Waals surface area (Å²) in [4.78, 5) is 12.4. The third kappa shape index (κ3) is 5.55. The van der Waals surface area contributed by atoms with Gasteiger partial charge in [-0.25, -0.2) is 4.79 Å². The molecule has 1 atom stereocenters. The van der Waals surface area contributed by atoms with Gasteiger partial charge in [0.25, 0.3) is 0 Å². The Balaban J connectivity index is 1.56. The maximum atomic E-state index is 12.4. The molecular formula is C28H28O5. The lowest BCUT2D eigenvalue weighted by atomic mass is 9.83. The first kappa shape index (κ1) is 22.5. The summed E-state index contributed by atoms with van der Waals surface area (Å²) in [6.07, 6.45) is 1.23. The molecule has 1 aliphatic rings. The second-order valence-electron chi connectivity index (χ2n) is 8.13. The molecule has 0 aliphatic carbocycles. The van der Waals surface area contributed by atoms with Crippen LogP contribution in [0.3, 0.4) is 0 Å². The van der Waals surface area contributed by atoms with Crippen LogP contribution < -0.4 is 9.47 Å². The molecule has 170 valence electrons. The van der Waals surface area contributed by atoms with Crippen LogP contribution in [-0.2, 0) is 22.3 Å². The molecule has 0 radical (unpaired) electrons. The van der Waals surface area contributed by atoms with Gasteiger partial charge in [-0.2, -0.15) is 0 Å². The molecule has 33 heavy (non-hydrogen) atoms. The van der Waals surface area contributed by atoms with Crippen molar-refractivity contribution in [3.63, 3.8) is 0 Å². The SMILES string of the molecule is C=C(Oc1ccc(OC)cc1)C1OC(=O)OC1(CCc1ccccc1)CCc1ccccc1. The predicted octanol–water partition coefficient (Wildman–Crippen LogP) is 6.13. The van der Waals surface area contributed by atoms with Crippen LogP contribution in [-0.4, -0.2) is 25.0 Å². The van der Waals surface area contributed by atoms with Crippen LogP contribution >= 0.6 is 0 Å². The average Bonchev–Trinajstić information content (AvgIpc) is 3.20. The highest BCUT2D eigenvalue weighted by molar-refractivity contribution is 5.64. The van der Waals surface area contributed by atoms with Crippen LogP contribution in [0.4, 0.5) is 4.79 Å². The molecule has 0 N–H and O–H groups in total. The van der Waals surface area contributed by atoms with Crippen molar-refractivity contribution in [3.05, 3.63) is 108 Å². The van der Waals surface area contributed by atoms with Gasteiger partial charge in [-0.05, 0) is 61.1 Å². The number of methoxy groups -OCH3 is 1. The topological polar surface area (TPSA) is 54.0 Å². The van der Waals surface area contributed by atoms with E-state index in [-0.39, 0.29) is 0 Å². The molecule has 0 amide bonds. The summed E-state index contributed by atoms with van der Waals surface area (Å²) < 4.78 is 22.7. The number of carbonyl (C=O) groups is 1. The zero-order valence-corrected chi connectivity index (χ0v) is 18.7. The molecule has 3 aromatic carbocycles. The van der Waals surface area contributed by atoms with E-state index in [4.69, 9.17) is 18.9 Å². The Hall–Kier alpha value is -3.73. The van der Waals surface area contributed by atoms with Gasteiger partial charge in [-0.15, -0.1) is 0 Å². The van der Waals surface area contributed by atoms with Gasteiger partial charge in [0.15, 0.2) is 5.60 Å². The molecule has 1 fully saturated rings. The van der Waals surface area contributed by atoms with Gasteiger partial charge in [0.05, 0.1) is 7.11 Å². The summed E-state index contributed by atoms with van der Waals surface area (Å²) in [5, 5.41) is 0. The first-order chi connectivity index (χ1) is 16.1. The Kier molecular flexibility index (Phi) is 6.98.